The molecule has 0 radical (unpaired) electrons. The third-order valence-electron chi connectivity index (χ3n) is 5.50. The monoisotopic (exact) mass is 506 g/mol. The van der Waals surface area contributed by atoms with Crippen LogP contribution in [-0.2, 0) is 41.7 Å². The predicted molar refractivity (Wildman–Crippen MR) is 132 cm³/mol. The van der Waals surface area contributed by atoms with Crippen molar-refractivity contribution in [2.24, 2.45) is 4.99 Å². The van der Waals surface area contributed by atoms with Crippen molar-refractivity contribution in [1.82, 2.24) is 4.90 Å². The van der Waals surface area contributed by atoms with Crippen LogP contribution in [0.2, 0.25) is 0 Å². The average molecular weight is 507 g/mol. The van der Waals surface area contributed by atoms with E-state index in [-0.39, 0.29) is 18.1 Å². The Morgan fingerprint density at radius 3 is 2.03 bits per heavy atom. The van der Waals surface area contributed by atoms with Gasteiger partial charge in [0.25, 0.3) is 10.1 Å². The molecule has 5 atom stereocenters. The normalized spacial score (nSPS) is 26.7. The molecule has 0 aliphatic carbocycles. The molecule has 0 spiro atoms. The number of hydrogen-bond acceptors (Lipinski definition) is 9. The van der Waals surface area contributed by atoms with Gasteiger partial charge in [-0.2, -0.15) is 8.42 Å². The maximum absolute atomic E-state index is 11.7. The van der Waals surface area contributed by atoms with Crippen LogP contribution >= 0.6 is 11.8 Å². The Kier molecular flexibility index (Phi) is 8.28. The fourth-order valence-electron chi connectivity index (χ4n) is 3.86. The van der Waals surface area contributed by atoms with Gasteiger partial charge < -0.3 is 19.1 Å². The molecule has 1 fully saturated rings. The van der Waals surface area contributed by atoms with Crippen molar-refractivity contribution in [3.63, 3.8) is 0 Å². The molecule has 0 aromatic heterocycles. The van der Waals surface area contributed by atoms with Crippen LogP contribution in [0.1, 0.15) is 11.1 Å². The van der Waals surface area contributed by atoms with Gasteiger partial charge in [-0.15, -0.1) is 0 Å². The van der Waals surface area contributed by atoms with Gasteiger partial charge in [-0.1, -0.05) is 72.4 Å². The molecule has 2 aromatic carbocycles. The van der Waals surface area contributed by atoms with E-state index >= 15 is 0 Å². The molecule has 34 heavy (non-hydrogen) atoms. The summed E-state index contributed by atoms with van der Waals surface area (Å²) in [4.78, 5) is 6.80. The van der Waals surface area contributed by atoms with Gasteiger partial charge in [0.1, 0.15) is 29.8 Å². The molecule has 0 N–H and O–H groups in total. The summed E-state index contributed by atoms with van der Waals surface area (Å²) in [6.45, 7) is 0.534. The first-order valence-corrected chi connectivity index (χ1v) is 13.7. The number of nitrogens with zero attached hydrogens (tertiary/aromatic N) is 2. The average Bonchev–Trinajstić information content (AvgIpc) is 3.25. The number of ether oxygens (including phenoxy) is 3. The second-order valence-electron chi connectivity index (χ2n) is 8.47. The zero-order valence-electron chi connectivity index (χ0n) is 19.4. The summed E-state index contributed by atoms with van der Waals surface area (Å²) < 4.78 is 47.7. The lowest BCUT2D eigenvalue weighted by Crippen LogP contribution is -2.58. The molecular weight excluding hydrogens is 476 g/mol. The zero-order valence-corrected chi connectivity index (χ0v) is 21.1. The quantitative estimate of drug-likeness (QED) is 0.480. The van der Waals surface area contributed by atoms with Gasteiger partial charge in [-0.05, 0) is 11.1 Å². The van der Waals surface area contributed by atoms with E-state index in [1.165, 1.54) is 11.8 Å². The minimum atomic E-state index is -3.65. The topological polar surface area (TPSA) is 86.7 Å². The first-order valence-electron chi connectivity index (χ1n) is 11.0. The van der Waals surface area contributed by atoms with Gasteiger partial charge in [0.15, 0.2) is 5.17 Å². The highest BCUT2D eigenvalue weighted by Gasteiger charge is 2.51. The van der Waals surface area contributed by atoms with Crippen LogP contribution in [-0.4, -0.2) is 75.2 Å². The van der Waals surface area contributed by atoms with Crippen molar-refractivity contribution in [2.75, 3.05) is 27.0 Å². The molecule has 8 nitrogen and oxygen atoms in total. The van der Waals surface area contributed by atoms with E-state index in [1.54, 1.807) is 0 Å². The Balaban J connectivity index is 1.60. The van der Waals surface area contributed by atoms with Crippen molar-refractivity contribution in [3.8, 4) is 0 Å². The third kappa shape index (κ3) is 6.59. The maximum atomic E-state index is 11.7. The number of aliphatic imine (C=N–C) groups is 1. The Morgan fingerprint density at radius 1 is 0.941 bits per heavy atom. The number of amidine groups is 1. The minimum absolute atomic E-state index is 0.162. The van der Waals surface area contributed by atoms with E-state index in [4.69, 9.17) is 23.4 Å². The van der Waals surface area contributed by atoms with Gasteiger partial charge in [-0.25, -0.2) is 0 Å². The molecule has 184 valence electrons. The molecule has 2 aromatic rings. The molecule has 10 heteroatoms. The number of thioether (sulfide) groups is 1. The van der Waals surface area contributed by atoms with Crippen molar-refractivity contribution in [1.29, 1.82) is 0 Å². The first kappa shape index (κ1) is 25.2. The Labute approximate surface area is 205 Å². The highest BCUT2D eigenvalue weighted by atomic mass is 32.2. The minimum Gasteiger partial charge on any atom is -0.368 e. The van der Waals surface area contributed by atoms with E-state index in [0.717, 1.165) is 22.6 Å². The third-order valence-corrected chi connectivity index (χ3v) is 7.36. The number of rotatable bonds is 9. The summed E-state index contributed by atoms with van der Waals surface area (Å²) >= 11 is 1.49. The summed E-state index contributed by atoms with van der Waals surface area (Å²) in [5, 5.41) is 0.829. The molecule has 0 saturated carbocycles. The molecular formula is C24H30N2O6S2. The van der Waals surface area contributed by atoms with Crippen LogP contribution in [0.3, 0.4) is 0 Å². The highest BCUT2D eigenvalue weighted by Crippen LogP contribution is 2.40. The smallest absolute Gasteiger partial charge is 0.264 e. The molecule has 1 saturated heterocycles. The fourth-order valence-corrected chi connectivity index (χ4v) is 5.40. The standard InChI is InChI=1S/C24H30N2O6S2/c1-26(2)24-25-20-22(30-15-18-12-8-5-9-13-18)21(29-14-17-10-6-4-7-11-17)19(32-23(20)33-24)16-31-34(3,27)28/h4-13,19-23H,14-16H2,1-3H3/t19-,20-,21-,22-,23-/m1/s1. The Bertz CT molecular complexity index is 1070. The number of benzene rings is 2. The lowest BCUT2D eigenvalue weighted by molar-refractivity contribution is -0.203. The van der Waals surface area contributed by atoms with E-state index in [0.29, 0.717) is 13.2 Å². The fraction of sp³-hybridized carbons (Fsp3) is 0.458. The summed E-state index contributed by atoms with van der Waals surface area (Å²) in [6, 6.07) is 19.4. The number of hydrogen-bond donors (Lipinski definition) is 0. The lowest BCUT2D eigenvalue weighted by atomic mass is 9.97. The summed E-state index contributed by atoms with van der Waals surface area (Å²) in [5.74, 6) is 0. The largest absolute Gasteiger partial charge is 0.368 e. The number of fused-ring (bicyclic) bond motifs is 1. The summed E-state index contributed by atoms with van der Waals surface area (Å²) in [7, 11) is 0.201. The second kappa shape index (κ2) is 11.2. The van der Waals surface area contributed by atoms with Crippen molar-refractivity contribution >= 4 is 27.0 Å². The zero-order chi connectivity index (χ0) is 24.1. The van der Waals surface area contributed by atoms with E-state index in [1.807, 2.05) is 79.7 Å². The van der Waals surface area contributed by atoms with Crippen LogP contribution in [0.15, 0.2) is 65.7 Å². The SMILES string of the molecule is CN(C)C1=N[C@@H]2[C@@H](OCc3ccccc3)[C@H](OCc3ccccc3)[C@@H](COS(C)(=O)=O)O[C@@H]2S1. The molecule has 2 aliphatic heterocycles. The van der Waals surface area contributed by atoms with Crippen molar-refractivity contribution < 1.29 is 26.8 Å². The van der Waals surface area contributed by atoms with Gasteiger partial charge in [-0.3, -0.25) is 9.18 Å². The molecule has 0 unspecified atom stereocenters. The lowest BCUT2D eigenvalue weighted by Gasteiger charge is -2.42. The van der Waals surface area contributed by atoms with Gasteiger partial charge >= 0.3 is 0 Å². The van der Waals surface area contributed by atoms with Crippen molar-refractivity contribution in [2.45, 2.75) is 43.0 Å². The molecule has 4 rings (SSSR count). The molecule has 2 heterocycles. The van der Waals surface area contributed by atoms with Crippen LogP contribution < -0.4 is 0 Å². The maximum Gasteiger partial charge on any atom is 0.264 e. The van der Waals surface area contributed by atoms with Crippen LogP contribution in [0.4, 0.5) is 0 Å². The van der Waals surface area contributed by atoms with E-state index in [2.05, 4.69) is 0 Å². The van der Waals surface area contributed by atoms with Gasteiger partial charge in [0.05, 0.1) is 26.1 Å². The van der Waals surface area contributed by atoms with Crippen LogP contribution in [0, 0.1) is 0 Å². The van der Waals surface area contributed by atoms with Crippen molar-refractivity contribution in [3.05, 3.63) is 71.8 Å². The predicted octanol–water partition coefficient (Wildman–Crippen LogP) is 2.89. The molecule has 0 amide bonds. The Hall–Kier alpha value is -1.95. The van der Waals surface area contributed by atoms with Gasteiger partial charge in [0.2, 0.25) is 0 Å². The highest BCUT2D eigenvalue weighted by molar-refractivity contribution is 8.14. The van der Waals surface area contributed by atoms with Crippen LogP contribution in [0.5, 0.6) is 0 Å². The van der Waals surface area contributed by atoms with E-state index < -0.39 is 28.4 Å². The van der Waals surface area contributed by atoms with Gasteiger partial charge in [0, 0.05) is 14.1 Å². The first-order chi connectivity index (χ1) is 16.3. The summed E-state index contributed by atoms with van der Waals surface area (Å²) in [5.41, 5.74) is 1.69. The summed E-state index contributed by atoms with van der Waals surface area (Å²) in [6.07, 6.45) is -0.664. The molecule has 2 aliphatic rings. The Morgan fingerprint density at radius 2 is 1.50 bits per heavy atom. The second-order valence-corrected chi connectivity index (χ2v) is 11.2. The van der Waals surface area contributed by atoms with Crippen LogP contribution in [0.25, 0.3) is 0 Å². The van der Waals surface area contributed by atoms with E-state index in [9.17, 15) is 8.42 Å². The molecule has 0 bridgehead atoms.